The highest BCUT2D eigenvalue weighted by Gasteiger charge is 2.23. The summed E-state index contributed by atoms with van der Waals surface area (Å²) in [4.78, 5) is 19.4. The lowest BCUT2D eigenvalue weighted by Crippen LogP contribution is -2.45. The number of aromatic nitrogens is 1. The molecule has 0 spiro atoms. The lowest BCUT2D eigenvalue weighted by molar-refractivity contribution is -0.00546. The maximum absolute atomic E-state index is 12.7. The van der Waals surface area contributed by atoms with Crippen LogP contribution in [0.1, 0.15) is 49.2 Å². The number of hydrogen-bond acceptors (Lipinski definition) is 6. The van der Waals surface area contributed by atoms with Gasteiger partial charge in [0.25, 0.3) is 5.91 Å². The molecular formula is C23H29N3O4. The van der Waals surface area contributed by atoms with E-state index in [0.29, 0.717) is 18.8 Å². The first kappa shape index (κ1) is 20.5. The molecule has 3 unspecified atom stereocenters. The van der Waals surface area contributed by atoms with E-state index in [2.05, 4.69) is 29.0 Å². The molecule has 7 nitrogen and oxygen atoms in total. The van der Waals surface area contributed by atoms with Gasteiger partial charge in [0.05, 0.1) is 37.0 Å². The van der Waals surface area contributed by atoms with Crippen LogP contribution in [0.25, 0.3) is 0 Å². The van der Waals surface area contributed by atoms with E-state index in [1.165, 1.54) is 0 Å². The summed E-state index contributed by atoms with van der Waals surface area (Å²) in [5, 5.41) is 3.04. The van der Waals surface area contributed by atoms with Crippen LogP contribution in [0.5, 0.6) is 11.5 Å². The second-order valence-corrected chi connectivity index (χ2v) is 8.02. The van der Waals surface area contributed by atoms with Gasteiger partial charge in [-0.3, -0.25) is 4.79 Å². The summed E-state index contributed by atoms with van der Waals surface area (Å²) in [6.07, 6.45) is 2.82. The van der Waals surface area contributed by atoms with Crippen molar-refractivity contribution in [2.45, 2.75) is 45.4 Å². The Morgan fingerprint density at radius 3 is 2.53 bits per heavy atom. The van der Waals surface area contributed by atoms with Crippen molar-refractivity contribution < 1.29 is 19.0 Å². The Morgan fingerprint density at radius 1 is 1.10 bits per heavy atom. The third-order valence-electron chi connectivity index (χ3n) is 5.37. The average molecular weight is 412 g/mol. The molecule has 160 valence electrons. The standard InChI is InChI=1S/C23H29N3O4/c1-15-13-26(14-16(2)30-15)22-8-6-19(12-24-22)23(27)25-17(3)18-5-7-20-21(11-18)29-10-4-9-28-20/h5-8,11-12,15-17H,4,9-10,13-14H2,1-3H3,(H,25,27). The fraction of sp³-hybridized carbons (Fsp3) is 0.478. The van der Waals surface area contributed by atoms with Crippen LogP contribution in [0.15, 0.2) is 36.5 Å². The lowest BCUT2D eigenvalue weighted by Gasteiger charge is -2.36. The first-order valence-electron chi connectivity index (χ1n) is 10.6. The number of benzene rings is 1. The van der Waals surface area contributed by atoms with Gasteiger partial charge < -0.3 is 24.4 Å². The van der Waals surface area contributed by atoms with Crippen molar-refractivity contribution in [3.63, 3.8) is 0 Å². The van der Waals surface area contributed by atoms with Crippen molar-refractivity contribution in [2.24, 2.45) is 0 Å². The summed E-state index contributed by atoms with van der Waals surface area (Å²) in [7, 11) is 0. The molecule has 30 heavy (non-hydrogen) atoms. The fourth-order valence-electron chi connectivity index (χ4n) is 3.88. The first-order valence-corrected chi connectivity index (χ1v) is 10.6. The molecule has 0 radical (unpaired) electrons. The Kier molecular flexibility index (Phi) is 6.08. The Morgan fingerprint density at radius 2 is 1.83 bits per heavy atom. The number of ether oxygens (including phenoxy) is 3. The monoisotopic (exact) mass is 411 g/mol. The van der Waals surface area contributed by atoms with E-state index in [4.69, 9.17) is 14.2 Å². The van der Waals surface area contributed by atoms with E-state index >= 15 is 0 Å². The van der Waals surface area contributed by atoms with Crippen LogP contribution < -0.4 is 19.7 Å². The molecule has 2 aliphatic rings. The number of fused-ring (bicyclic) bond motifs is 1. The third kappa shape index (κ3) is 4.67. The van der Waals surface area contributed by atoms with Crippen molar-refractivity contribution in [1.82, 2.24) is 10.3 Å². The zero-order valence-electron chi connectivity index (χ0n) is 17.8. The van der Waals surface area contributed by atoms with Crippen LogP contribution in [0, 0.1) is 0 Å². The molecule has 3 heterocycles. The average Bonchev–Trinajstić information content (AvgIpc) is 2.98. The number of nitrogens with one attached hydrogen (secondary N) is 1. The van der Waals surface area contributed by atoms with Gasteiger partial charge in [-0.2, -0.15) is 0 Å². The summed E-state index contributed by atoms with van der Waals surface area (Å²) in [6, 6.07) is 9.35. The van der Waals surface area contributed by atoms with Crippen molar-refractivity contribution in [3.05, 3.63) is 47.7 Å². The molecule has 3 atom stereocenters. The number of nitrogens with zero attached hydrogens (tertiary/aromatic N) is 2. The van der Waals surface area contributed by atoms with Gasteiger partial charge in [-0.15, -0.1) is 0 Å². The van der Waals surface area contributed by atoms with Gasteiger partial charge in [-0.25, -0.2) is 4.98 Å². The Hall–Kier alpha value is -2.80. The van der Waals surface area contributed by atoms with Gasteiger partial charge in [0.15, 0.2) is 11.5 Å². The number of amides is 1. The van der Waals surface area contributed by atoms with Gasteiger partial charge >= 0.3 is 0 Å². The molecule has 1 N–H and O–H groups in total. The Balaban J connectivity index is 1.40. The van der Waals surface area contributed by atoms with E-state index in [0.717, 1.165) is 42.4 Å². The number of anilines is 1. The topological polar surface area (TPSA) is 72.9 Å². The SMILES string of the molecule is CC1CN(c2ccc(C(=O)NC(C)c3ccc4c(c3)OCCCO4)cn2)CC(C)O1. The van der Waals surface area contributed by atoms with Crippen LogP contribution in [0.3, 0.4) is 0 Å². The van der Waals surface area contributed by atoms with Crippen molar-refractivity contribution >= 4 is 11.7 Å². The highest BCUT2D eigenvalue weighted by Crippen LogP contribution is 2.32. The molecule has 0 bridgehead atoms. The zero-order valence-corrected chi connectivity index (χ0v) is 17.8. The molecule has 1 aromatic carbocycles. The van der Waals surface area contributed by atoms with Gasteiger partial charge in [-0.1, -0.05) is 6.07 Å². The summed E-state index contributed by atoms with van der Waals surface area (Å²) in [6.45, 7) is 8.96. The second-order valence-electron chi connectivity index (χ2n) is 8.02. The second kappa shape index (κ2) is 8.92. The largest absolute Gasteiger partial charge is 0.490 e. The highest BCUT2D eigenvalue weighted by atomic mass is 16.5. The van der Waals surface area contributed by atoms with Gasteiger partial charge in [-0.05, 0) is 50.6 Å². The van der Waals surface area contributed by atoms with Crippen LogP contribution in [-0.4, -0.2) is 49.4 Å². The smallest absolute Gasteiger partial charge is 0.253 e. The van der Waals surface area contributed by atoms with E-state index in [1.54, 1.807) is 6.20 Å². The maximum Gasteiger partial charge on any atom is 0.253 e. The van der Waals surface area contributed by atoms with Crippen LogP contribution >= 0.6 is 0 Å². The summed E-state index contributed by atoms with van der Waals surface area (Å²) >= 11 is 0. The van der Waals surface area contributed by atoms with Gasteiger partial charge in [0.1, 0.15) is 5.82 Å². The molecule has 1 saturated heterocycles. The van der Waals surface area contributed by atoms with E-state index in [9.17, 15) is 4.79 Å². The molecule has 4 rings (SSSR count). The van der Waals surface area contributed by atoms with Gasteiger partial charge in [0, 0.05) is 25.7 Å². The molecule has 2 aliphatic heterocycles. The van der Waals surface area contributed by atoms with Crippen LogP contribution in [-0.2, 0) is 4.74 Å². The minimum atomic E-state index is -0.171. The molecule has 0 saturated carbocycles. The van der Waals surface area contributed by atoms with E-state index < -0.39 is 0 Å². The molecule has 7 heteroatoms. The number of rotatable bonds is 4. The predicted octanol–water partition coefficient (Wildman–Crippen LogP) is 3.35. The first-order chi connectivity index (χ1) is 14.5. The van der Waals surface area contributed by atoms with Crippen LogP contribution in [0.2, 0.25) is 0 Å². The molecule has 1 aromatic heterocycles. The summed E-state index contributed by atoms with van der Waals surface area (Å²) in [5.74, 6) is 2.19. The maximum atomic E-state index is 12.7. The molecule has 0 aliphatic carbocycles. The number of morpholine rings is 1. The van der Waals surface area contributed by atoms with E-state index in [1.807, 2.05) is 37.3 Å². The molecule has 1 fully saturated rings. The third-order valence-corrected chi connectivity index (χ3v) is 5.37. The highest BCUT2D eigenvalue weighted by molar-refractivity contribution is 5.94. The summed E-state index contributed by atoms with van der Waals surface area (Å²) < 4.78 is 17.2. The summed E-state index contributed by atoms with van der Waals surface area (Å²) in [5.41, 5.74) is 1.50. The predicted molar refractivity (Wildman–Crippen MR) is 114 cm³/mol. The Bertz CT molecular complexity index is 877. The minimum absolute atomic E-state index is 0.155. The molecular weight excluding hydrogens is 382 g/mol. The van der Waals surface area contributed by atoms with E-state index in [-0.39, 0.29) is 24.2 Å². The van der Waals surface area contributed by atoms with Gasteiger partial charge in [0.2, 0.25) is 0 Å². The number of carbonyl (C=O) groups is 1. The van der Waals surface area contributed by atoms with Crippen molar-refractivity contribution in [3.8, 4) is 11.5 Å². The number of carbonyl (C=O) groups excluding carboxylic acids is 1. The Labute approximate surface area is 177 Å². The minimum Gasteiger partial charge on any atom is -0.490 e. The van der Waals surface area contributed by atoms with Crippen LogP contribution in [0.4, 0.5) is 5.82 Å². The molecule has 2 aromatic rings. The number of pyridine rings is 1. The fourth-order valence-corrected chi connectivity index (χ4v) is 3.88. The lowest BCUT2D eigenvalue weighted by atomic mass is 10.1. The number of hydrogen-bond donors (Lipinski definition) is 1. The van der Waals surface area contributed by atoms with Crippen molar-refractivity contribution in [2.75, 3.05) is 31.2 Å². The molecule has 1 amide bonds. The normalized spacial score (nSPS) is 22.2. The quantitative estimate of drug-likeness (QED) is 0.832. The van der Waals surface area contributed by atoms with Crippen molar-refractivity contribution in [1.29, 1.82) is 0 Å². The zero-order chi connectivity index (χ0) is 21.1.